The van der Waals surface area contributed by atoms with Gasteiger partial charge in [-0.1, -0.05) is 17.7 Å². The maximum absolute atomic E-state index is 5.67. The lowest BCUT2D eigenvalue weighted by molar-refractivity contribution is 0.305. The SMILES string of the molecule is Cc1ccc(OCc2nc(C)c(CN)s2)cc1. The molecule has 0 spiro atoms. The van der Waals surface area contributed by atoms with Crippen molar-refractivity contribution in [2.75, 3.05) is 0 Å². The largest absolute Gasteiger partial charge is 0.486 e. The molecule has 0 aliphatic heterocycles. The van der Waals surface area contributed by atoms with Gasteiger partial charge in [-0.3, -0.25) is 0 Å². The molecule has 0 saturated carbocycles. The molecule has 17 heavy (non-hydrogen) atoms. The molecule has 3 nitrogen and oxygen atoms in total. The van der Waals surface area contributed by atoms with Gasteiger partial charge in [0.25, 0.3) is 0 Å². The van der Waals surface area contributed by atoms with Crippen molar-refractivity contribution in [1.29, 1.82) is 0 Å². The summed E-state index contributed by atoms with van der Waals surface area (Å²) >= 11 is 1.62. The van der Waals surface area contributed by atoms with Crippen LogP contribution < -0.4 is 10.5 Å². The first-order valence-electron chi connectivity index (χ1n) is 5.53. The van der Waals surface area contributed by atoms with Crippen molar-refractivity contribution in [3.05, 3.63) is 45.4 Å². The molecule has 0 fully saturated rings. The van der Waals surface area contributed by atoms with Gasteiger partial charge < -0.3 is 10.5 Å². The number of rotatable bonds is 4. The third kappa shape index (κ3) is 3.05. The van der Waals surface area contributed by atoms with Crippen LogP contribution in [0.2, 0.25) is 0 Å². The number of benzene rings is 1. The molecule has 1 heterocycles. The molecule has 0 unspecified atom stereocenters. The van der Waals surface area contributed by atoms with E-state index in [1.165, 1.54) is 5.56 Å². The number of aromatic nitrogens is 1. The van der Waals surface area contributed by atoms with Crippen molar-refractivity contribution < 1.29 is 4.74 Å². The van der Waals surface area contributed by atoms with E-state index < -0.39 is 0 Å². The second-order valence-electron chi connectivity index (χ2n) is 3.92. The standard InChI is InChI=1S/C13H16N2OS/c1-9-3-5-11(6-4-9)16-8-13-15-10(2)12(7-14)17-13/h3-6H,7-8,14H2,1-2H3. The van der Waals surface area contributed by atoms with Crippen molar-refractivity contribution >= 4 is 11.3 Å². The lowest BCUT2D eigenvalue weighted by Gasteiger charge is -2.03. The summed E-state index contributed by atoms with van der Waals surface area (Å²) in [6, 6.07) is 8.01. The van der Waals surface area contributed by atoms with Crippen molar-refractivity contribution in [2.45, 2.75) is 27.0 Å². The first-order valence-corrected chi connectivity index (χ1v) is 6.35. The minimum Gasteiger partial charge on any atom is -0.486 e. The highest BCUT2D eigenvalue weighted by molar-refractivity contribution is 7.11. The number of hydrogen-bond acceptors (Lipinski definition) is 4. The number of ether oxygens (including phenoxy) is 1. The first-order chi connectivity index (χ1) is 8.19. The van der Waals surface area contributed by atoms with Crippen LogP contribution in [0.1, 0.15) is 21.1 Å². The zero-order valence-electron chi connectivity index (χ0n) is 10.1. The van der Waals surface area contributed by atoms with Crippen molar-refractivity contribution in [1.82, 2.24) is 4.98 Å². The highest BCUT2D eigenvalue weighted by Crippen LogP contribution is 2.19. The average Bonchev–Trinajstić information content (AvgIpc) is 2.69. The van der Waals surface area contributed by atoms with Gasteiger partial charge in [-0.15, -0.1) is 11.3 Å². The molecular formula is C13H16N2OS. The summed E-state index contributed by atoms with van der Waals surface area (Å²) in [5.41, 5.74) is 7.86. The summed E-state index contributed by atoms with van der Waals surface area (Å²) in [6.45, 7) is 5.10. The Morgan fingerprint density at radius 1 is 1.24 bits per heavy atom. The lowest BCUT2D eigenvalue weighted by Crippen LogP contribution is -1.94. The Balaban J connectivity index is 1.99. The minimum absolute atomic E-state index is 0.508. The molecule has 0 amide bonds. The fraction of sp³-hybridized carbons (Fsp3) is 0.308. The Kier molecular flexibility index (Phi) is 3.76. The Bertz CT molecular complexity index is 491. The number of nitrogens with two attached hydrogens (primary N) is 1. The molecule has 2 rings (SSSR count). The summed E-state index contributed by atoms with van der Waals surface area (Å²) in [4.78, 5) is 5.56. The lowest BCUT2D eigenvalue weighted by atomic mass is 10.2. The van der Waals surface area contributed by atoms with Crippen LogP contribution in [0.3, 0.4) is 0 Å². The third-order valence-electron chi connectivity index (χ3n) is 2.51. The van der Waals surface area contributed by atoms with Gasteiger partial charge in [-0.2, -0.15) is 0 Å². The molecule has 0 aliphatic rings. The Morgan fingerprint density at radius 3 is 2.53 bits per heavy atom. The van der Waals surface area contributed by atoms with E-state index in [0.717, 1.165) is 21.3 Å². The predicted molar refractivity (Wildman–Crippen MR) is 70.3 cm³/mol. The normalized spacial score (nSPS) is 10.5. The van der Waals surface area contributed by atoms with E-state index in [0.29, 0.717) is 13.2 Å². The van der Waals surface area contributed by atoms with E-state index in [1.54, 1.807) is 11.3 Å². The predicted octanol–water partition coefficient (Wildman–Crippen LogP) is 2.80. The highest BCUT2D eigenvalue weighted by Gasteiger charge is 2.06. The second-order valence-corrected chi connectivity index (χ2v) is 5.09. The molecule has 0 aliphatic carbocycles. The van der Waals surface area contributed by atoms with Crippen molar-refractivity contribution in [2.24, 2.45) is 5.73 Å². The summed E-state index contributed by atoms with van der Waals surface area (Å²) in [5, 5.41) is 0.975. The monoisotopic (exact) mass is 248 g/mol. The molecule has 0 bridgehead atoms. The molecule has 2 N–H and O–H groups in total. The maximum atomic E-state index is 5.67. The number of hydrogen-bond donors (Lipinski definition) is 1. The minimum atomic E-state index is 0.508. The molecule has 2 aromatic rings. The average molecular weight is 248 g/mol. The van der Waals surface area contributed by atoms with Gasteiger partial charge in [-0.25, -0.2) is 4.98 Å². The zero-order chi connectivity index (χ0) is 12.3. The summed E-state index contributed by atoms with van der Waals surface area (Å²) in [7, 11) is 0. The zero-order valence-corrected chi connectivity index (χ0v) is 10.9. The smallest absolute Gasteiger partial charge is 0.140 e. The quantitative estimate of drug-likeness (QED) is 0.905. The van der Waals surface area contributed by atoms with Crippen molar-refractivity contribution in [3.63, 3.8) is 0 Å². The van der Waals surface area contributed by atoms with Crippen LogP contribution in [0.25, 0.3) is 0 Å². The van der Waals surface area contributed by atoms with Crippen LogP contribution in [0, 0.1) is 13.8 Å². The molecule has 0 saturated heterocycles. The van der Waals surface area contributed by atoms with Gasteiger partial charge in [-0.05, 0) is 26.0 Å². The van der Waals surface area contributed by atoms with Gasteiger partial charge in [0.05, 0.1) is 5.69 Å². The van der Waals surface area contributed by atoms with E-state index in [1.807, 2.05) is 31.2 Å². The van der Waals surface area contributed by atoms with Crippen LogP contribution in [-0.4, -0.2) is 4.98 Å². The van der Waals surface area contributed by atoms with Crippen LogP contribution in [-0.2, 0) is 13.2 Å². The molecule has 4 heteroatoms. The molecule has 90 valence electrons. The third-order valence-corrected chi connectivity index (χ3v) is 3.66. The fourth-order valence-corrected chi connectivity index (χ4v) is 2.38. The van der Waals surface area contributed by atoms with Crippen LogP contribution in [0.15, 0.2) is 24.3 Å². The van der Waals surface area contributed by atoms with Gasteiger partial charge >= 0.3 is 0 Å². The van der Waals surface area contributed by atoms with Crippen LogP contribution >= 0.6 is 11.3 Å². The van der Waals surface area contributed by atoms with Crippen molar-refractivity contribution in [3.8, 4) is 5.75 Å². The molecular weight excluding hydrogens is 232 g/mol. The Labute approximate surface area is 105 Å². The van der Waals surface area contributed by atoms with E-state index in [-0.39, 0.29) is 0 Å². The highest BCUT2D eigenvalue weighted by atomic mass is 32.1. The number of nitrogens with zero attached hydrogens (tertiary/aromatic N) is 1. The molecule has 0 radical (unpaired) electrons. The van der Waals surface area contributed by atoms with E-state index >= 15 is 0 Å². The van der Waals surface area contributed by atoms with Gasteiger partial charge in [0.1, 0.15) is 17.4 Å². The number of thiazole rings is 1. The first kappa shape index (κ1) is 12.1. The summed E-state index contributed by atoms with van der Waals surface area (Å²) < 4.78 is 5.67. The molecule has 1 aromatic carbocycles. The van der Waals surface area contributed by atoms with Gasteiger partial charge in [0, 0.05) is 11.4 Å². The van der Waals surface area contributed by atoms with E-state index in [2.05, 4.69) is 11.9 Å². The number of aryl methyl sites for hydroxylation is 2. The fourth-order valence-electron chi connectivity index (χ4n) is 1.52. The van der Waals surface area contributed by atoms with E-state index in [9.17, 15) is 0 Å². The summed E-state index contributed by atoms with van der Waals surface area (Å²) in [5.74, 6) is 0.873. The second kappa shape index (κ2) is 5.29. The Morgan fingerprint density at radius 2 is 1.94 bits per heavy atom. The van der Waals surface area contributed by atoms with Gasteiger partial charge in [0.2, 0.25) is 0 Å². The maximum Gasteiger partial charge on any atom is 0.140 e. The Hall–Kier alpha value is -1.39. The molecule has 0 atom stereocenters. The van der Waals surface area contributed by atoms with Crippen LogP contribution in [0.5, 0.6) is 5.75 Å². The molecule has 1 aromatic heterocycles. The van der Waals surface area contributed by atoms with Crippen LogP contribution in [0.4, 0.5) is 0 Å². The van der Waals surface area contributed by atoms with E-state index in [4.69, 9.17) is 10.5 Å². The van der Waals surface area contributed by atoms with Gasteiger partial charge in [0.15, 0.2) is 0 Å². The summed E-state index contributed by atoms with van der Waals surface area (Å²) in [6.07, 6.45) is 0. The topological polar surface area (TPSA) is 48.1 Å².